The van der Waals surface area contributed by atoms with E-state index in [4.69, 9.17) is 21.3 Å². The largest absolute Gasteiger partial charge is 0.487 e. The van der Waals surface area contributed by atoms with Crippen molar-refractivity contribution in [1.29, 1.82) is 0 Å². The van der Waals surface area contributed by atoms with Crippen LogP contribution in [0.15, 0.2) is 79.1 Å². The summed E-state index contributed by atoms with van der Waals surface area (Å²) < 4.78 is 7.56. The highest BCUT2D eigenvalue weighted by Crippen LogP contribution is 2.25. The maximum Gasteiger partial charge on any atom is 0.182 e. The molecule has 0 saturated carbocycles. The van der Waals surface area contributed by atoms with Gasteiger partial charge in [-0.05, 0) is 35.9 Å². The van der Waals surface area contributed by atoms with Crippen molar-refractivity contribution in [3.63, 3.8) is 0 Å². The van der Waals surface area contributed by atoms with Gasteiger partial charge in [-0.25, -0.2) is 14.5 Å². The number of rotatable bonds is 4. The molecule has 5 aromatic rings. The Morgan fingerprint density at radius 1 is 0.929 bits per heavy atom. The van der Waals surface area contributed by atoms with Crippen molar-refractivity contribution in [3.8, 4) is 17.1 Å². The van der Waals surface area contributed by atoms with Crippen LogP contribution in [-0.2, 0) is 6.61 Å². The van der Waals surface area contributed by atoms with Gasteiger partial charge in [-0.3, -0.25) is 0 Å². The highest BCUT2D eigenvalue weighted by atomic mass is 35.5. The lowest BCUT2D eigenvalue weighted by Crippen LogP contribution is -1.96. The smallest absolute Gasteiger partial charge is 0.182 e. The average molecular weight is 387 g/mol. The summed E-state index contributed by atoms with van der Waals surface area (Å²) in [6.45, 7) is 0.412. The number of hydrogen-bond acceptors (Lipinski definition) is 4. The van der Waals surface area contributed by atoms with Crippen molar-refractivity contribution in [2.45, 2.75) is 6.61 Å². The highest BCUT2D eigenvalue weighted by Gasteiger charge is 2.10. The maximum absolute atomic E-state index is 6.16. The number of fused-ring (bicyclic) bond motifs is 3. The summed E-state index contributed by atoms with van der Waals surface area (Å²) in [6, 6.07) is 23.4. The van der Waals surface area contributed by atoms with E-state index in [9.17, 15) is 0 Å². The Bertz CT molecular complexity index is 1300. The van der Waals surface area contributed by atoms with Crippen LogP contribution in [0.25, 0.3) is 27.9 Å². The standard InChI is InChI=1S/C22H15ClN4O/c23-18-9-2-4-11-20(18)28-13-15-6-5-7-16(12-15)21-25-22-17-8-1-3-10-19(17)24-14-27(22)26-21/h1-12,14H,13H2. The Kier molecular flexibility index (Phi) is 4.14. The minimum absolute atomic E-state index is 0.412. The Balaban J connectivity index is 1.47. The fourth-order valence-corrected chi connectivity index (χ4v) is 3.32. The van der Waals surface area contributed by atoms with Gasteiger partial charge in [0, 0.05) is 10.9 Å². The molecular formula is C22H15ClN4O. The SMILES string of the molecule is Clc1ccccc1OCc1cccc(-c2nc3c4ccccc4ncn3n2)c1. The van der Waals surface area contributed by atoms with Crippen LogP contribution in [0.3, 0.4) is 0 Å². The van der Waals surface area contributed by atoms with E-state index in [0.717, 1.165) is 27.7 Å². The van der Waals surface area contributed by atoms with Crippen LogP contribution < -0.4 is 4.74 Å². The molecule has 6 heteroatoms. The summed E-state index contributed by atoms with van der Waals surface area (Å²) in [4.78, 5) is 9.17. The van der Waals surface area contributed by atoms with Crippen molar-refractivity contribution in [1.82, 2.24) is 19.6 Å². The molecule has 0 aliphatic rings. The molecule has 0 fully saturated rings. The van der Waals surface area contributed by atoms with Crippen molar-refractivity contribution in [3.05, 3.63) is 89.7 Å². The second-order valence-corrected chi connectivity index (χ2v) is 6.79. The first-order valence-corrected chi connectivity index (χ1v) is 9.22. The lowest BCUT2D eigenvalue weighted by molar-refractivity contribution is 0.306. The number of nitrogens with zero attached hydrogens (tertiary/aromatic N) is 4. The molecule has 0 atom stereocenters. The van der Waals surface area contributed by atoms with Crippen molar-refractivity contribution < 1.29 is 4.74 Å². The number of aromatic nitrogens is 4. The predicted molar refractivity (Wildman–Crippen MR) is 110 cm³/mol. The molecule has 0 spiro atoms. The minimum Gasteiger partial charge on any atom is -0.487 e. The average Bonchev–Trinajstić information content (AvgIpc) is 3.18. The van der Waals surface area contributed by atoms with Crippen LogP contribution in [0.1, 0.15) is 5.56 Å². The first-order valence-electron chi connectivity index (χ1n) is 8.85. The molecular weight excluding hydrogens is 372 g/mol. The van der Waals surface area contributed by atoms with E-state index in [2.05, 4.69) is 10.1 Å². The third-order valence-corrected chi connectivity index (χ3v) is 4.81. The fourth-order valence-electron chi connectivity index (χ4n) is 3.13. The van der Waals surface area contributed by atoms with E-state index in [1.165, 1.54) is 0 Å². The zero-order valence-corrected chi connectivity index (χ0v) is 15.5. The molecule has 3 aromatic carbocycles. The lowest BCUT2D eigenvalue weighted by Gasteiger charge is -2.08. The van der Waals surface area contributed by atoms with E-state index < -0.39 is 0 Å². The molecule has 5 rings (SSSR count). The molecule has 0 unspecified atom stereocenters. The van der Waals surface area contributed by atoms with Crippen LogP contribution >= 0.6 is 11.6 Å². The summed E-state index contributed by atoms with van der Waals surface area (Å²) in [5.41, 5.74) is 3.63. The van der Waals surface area contributed by atoms with Gasteiger partial charge >= 0.3 is 0 Å². The second-order valence-electron chi connectivity index (χ2n) is 6.38. The highest BCUT2D eigenvalue weighted by molar-refractivity contribution is 6.32. The first-order chi connectivity index (χ1) is 13.8. The lowest BCUT2D eigenvalue weighted by atomic mass is 10.1. The monoisotopic (exact) mass is 386 g/mol. The summed E-state index contributed by atoms with van der Waals surface area (Å²) in [5, 5.41) is 6.16. The van der Waals surface area contributed by atoms with Crippen molar-refractivity contribution in [2.75, 3.05) is 0 Å². The number of hydrogen-bond donors (Lipinski definition) is 0. The van der Waals surface area contributed by atoms with E-state index >= 15 is 0 Å². The number of halogens is 1. The molecule has 0 aliphatic carbocycles. The molecule has 28 heavy (non-hydrogen) atoms. The van der Waals surface area contributed by atoms with Gasteiger partial charge in [0.2, 0.25) is 0 Å². The van der Waals surface area contributed by atoms with Crippen LogP contribution in [0.4, 0.5) is 0 Å². The molecule has 0 N–H and O–H groups in total. The number of ether oxygens (including phenoxy) is 1. The summed E-state index contributed by atoms with van der Waals surface area (Å²) in [6.07, 6.45) is 1.69. The maximum atomic E-state index is 6.16. The van der Waals surface area contributed by atoms with Gasteiger partial charge in [-0.2, -0.15) is 0 Å². The van der Waals surface area contributed by atoms with Gasteiger partial charge in [0.25, 0.3) is 0 Å². The summed E-state index contributed by atoms with van der Waals surface area (Å²) in [7, 11) is 0. The van der Waals surface area contributed by atoms with Crippen LogP contribution in [0.5, 0.6) is 5.75 Å². The predicted octanol–water partition coefficient (Wildman–Crippen LogP) is 5.18. The quantitative estimate of drug-likeness (QED) is 0.427. The summed E-state index contributed by atoms with van der Waals surface area (Å²) in [5.74, 6) is 1.32. The van der Waals surface area contributed by atoms with Crippen LogP contribution in [0, 0.1) is 0 Å². The zero-order valence-electron chi connectivity index (χ0n) is 14.8. The molecule has 0 amide bonds. The zero-order chi connectivity index (χ0) is 18.9. The van der Waals surface area contributed by atoms with E-state index in [0.29, 0.717) is 23.2 Å². The Morgan fingerprint density at radius 2 is 1.79 bits per heavy atom. The van der Waals surface area contributed by atoms with Gasteiger partial charge in [-0.1, -0.05) is 54.1 Å². The van der Waals surface area contributed by atoms with E-state index in [-0.39, 0.29) is 0 Å². The van der Waals surface area contributed by atoms with Gasteiger partial charge in [0.15, 0.2) is 11.5 Å². The summed E-state index contributed by atoms with van der Waals surface area (Å²) >= 11 is 6.16. The van der Waals surface area contributed by atoms with E-state index in [1.807, 2.05) is 72.8 Å². The van der Waals surface area contributed by atoms with Crippen LogP contribution in [-0.4, -0.2) is 19.6 Å². The molecule has 0 bridgehead atoms. The Morgan fingerprint density at radius 3 is 2.71 bits per heavy atom. The third-order valence-electron chi connectivity index (χ3n) is 4.50. The Labute approximate surface area is 166 Å². The molecule has 136 valence electrons. The fraction of sp³-hybridized carbons (Fsp3) is 0.0455. The molecule has 2 aromatic heterocycles. The third kappa shape index (κ3) is 3.06. The molecule has 0 radical (unpaired) electrons. The molecule has 0 saturated heterocycles. The van der Waals surface area contributed by atoms with E-state index in [1.54, 1.807) is 10.8 Å². The molecule has 2 heterocycles. The topological polar surface area (TPSA) is 52.3 Å². The first kappa shape index (κ1) is 16.7. The van der Waals surface area contributed by atoms with Crippen molar-refractivity contribution in [2.24, 2.45) is 0 Å². The molecule has 5 nitrogen and oxygen atoms in total. The van der Waals surface area contributed by atoms with Crippen LogP contribution in [0.2, 0.25) is 5.02 Å². The second kappa shape index (κ2) is 6.94. The van der Waals surface area contributed by atoms with Gasteiger partial charge in [0.05, 0.1) is 10.5 Å². The molecule has 0 aliphatic heterocycles. The van der Waals surface area contributed by atoms with Gasteiger partial charge < -0.3 is 4.74 Å². The van der Waals surface area contributed by atoms with Gasteiger partial charge in [0.1, 0.15) is 18.7 Å². The Hall–Kier alpha value is -3.44. The van der Waals surface area contributed by atoms with Gasteiger partial charge in [-0.15, -0.1) is 5.10 Å². The number of para-hydroxylation sites is 2. The van der Waals surface area contributed by atoms with Crippen molar-refractivity contribution >= 4 is 28.2 Å². The normalized spacial score (nSPS) is 11.2. The minimum atomic E-state index is 0.412. The number of benzene rings is 3.